The third kappa shape index (κ3) is 4.59. The van der Waals surface area contributed by atoms with Crippen LogP contribution in [0.4, 0.5) is 0 Å². The Labute approximate surface area is 221 Å². The monoisotopic (exact) mass is 540 g/mol. The van der Waals surface area contributed by atoms with Gasteiger partial charge < -0.3 is 4.90 Å². The van der Waals surface area contributed by atoms with E-state index in [1.54, 1.807) is 35.6 Å². The highest BCUT2D eigenvalue weighted by Crippen LogP contribution is 2.42. The minimum Gasteiger partial charge on any atom is -0.338 e. The van der Waals surface area contributed by atoms with Crippen molar-refractivity contribution in [1.82, 2.24) is 18.8 Å². The van der Waals surface area contributed by atoms with Crippen molar-refractivity contribution < 1.29 is 13.2 Å². The first-order chi connectivity index (χ1) is 17.5. The molecule has 0 bridgehead atoms. The minimum absolute atomic E-state index is 0.0691. The summed E-state index contributed by atoms with van der Waals surface area (Å²) in [4.78, 5) is 32.9. The highest BCUT2D eigenvalue weighted by atomic mass is 32.2. The number of hydrogen-bond donors (Lipinski definition) is 0. The Balaban J connectivity index is 1.30. The van der Waals surface area contributed by atoms with Crippen molar-refractivity contribution in [3.63, 3.8) is 0 Å². The number of likely N-dealkylation sites (tertiary alicyclic amines) is 1. The van der Waals surface area contributed by atoms with Crippen molar-refractivity contribution in [2.24, 2.45) is 12.5 Å². The largest absolute Gasteiger partial charge is 0.338 e. The molecule has 10 heteroatoms. The lowest BCUT2D eigenvalue weighted by molar-refractivity contribution is 0.0750. The summed E-state index contributed by atoms with van der Waals surface area (Å²) in [5, 5.41) is 1.09. The third-order valence-electron chi connectivity index (χ3n) is 7.94. The fraction of sp³-hybridized carbons (Fsp3) is 0.444. The molecule has 2 aromatic carbocycles. The molecule has 1 spiro atoms. The smallest absolute Gasteiger partial charge is 0.261 e. The van der Waals surface area contributed by atoms with Crippen molar-refractivity contribution in [1.29, 1.82) is 0 Å². The second kappa shape index (κ2) is 9.56. The number of sulfonamides is 1. The minimum atomic E-state index is -3.55. The van der Waals surface area contributed by atoms with Crippen LogP contribution in [0.5, 0.6) is 0 Å². The quantitative estimate of drug-likeness (QED) is 0.371. The van der Waals surface area contributed by atoms with Gasteiger partial charge >= 0.3 is 0 Å². The molecule has 1 aromatic heterocycles. The maximum absolute atomic E-state index is 13.4. The van der Waals surface area contributed by atoms with Crippen molar-refractivity contribution >= 4 is 38.6 Å². The van der Waals surface area contributed by atoms with Crippen LogP contribution in [0.25, 0.3) is 10.9 Å². The van der Waals surface area contributed by atoms with Gasteiger partial charge in [-0.05, 0) is 80.2 Å². The van der Waals surface area contributed by atoms with E-state index in [1.165, 1.54) is 16.3 Å². The van der Waals surface area contributed by atoms with Crippen LogP contribution in [0.3, 0.4) is 0 Å². The number of benzene rings is 2. The highest BCUT2D eigenvalue weighted by Gasteiger charge is 2.44. The average Bonchev–Trinajstić information content (AvgIpc) is 3.30. The lowest BCUT2D eigenvalue weighted by Gasteiger charge is -2.38. The van der Waals surface area contributed by atoms with Crippen LogP contribution in [0, 0.1) is 19.3 Å². The van der Waals surface area contributed by atoms with E-state index in [4.69, 9.17) is 0 Å². The van der Waals surface area contributed by atoms with Gasteiger partial charge in [0.25, 0.3) is 11.5 Å². The van der Waals surface area contributed by atoms with Gasteiger partial charge in [0.2, 0.25) is 10.0 Å². The second-order valence-corrected chi connectivity index (χ2v) is 13.0. The fourth-order valence-corrected chi connectivity index (χ4v) is 7.89. The predicted molar refractivity (Wildman–Crippen MR) is 146 cm³/mol. The van der Waals surface area contributed by atoms with E-state index in [-0.39, 0.29) is 16.9 Å². The molecule has 0 atom stereocenters. The van der Waals surface area contributed by atoms with E-state index in [0.29, 0.717) is 52.7 Å². The predicted octanol–water partition coefficient (Wildman–Crippen LogP) is 3.59. The molecule has 2 fully saturated rings. The van der Waals surface area contributed by atoms with E-state index in [2.05, 4.69) is 4.98 Å². The van der Waals surface area contributed by atoms with Gasteiger partial charge in [-0.1, -0.05) is 23.9 Å². The highest BCUT2D eigenvalue weighted by molar-refractivity contribution is 7.98. The standard InChI is InChI=1S/C27H32N4O4S2/c1-18-5-6-19(2)23(15-18)37(34,35)31-13-10-27(11-14-31)9-12-30(17-27)24(32)20-7-8-21-22(16-20)28-26(36-4)29(3)25(21)33/h5-8,15-16H,9-14,17H2,1-4H3. The molecule has 8 nitrogen and oxygen atoms in total. The number of hydrogen-bond acceptors (Lipinski definition) is 6. The number of carbonyl (C=O) groups excluding carboxylic acids is 1. The molecule has 3 aromatic rings. The van der Waals surface area contributed by atoms with Crippen molar-refractivity contribution in [2.45, 2.75) is 43.2 Å². The summed E-state index contributed by atoms with van der Waals surface area (Å²) < 4.78 is 29.8. The lowest BCUT2D eigenvalue weighted by atomic mass is 9.78. The molecule has 3 heterocycles. The summed E-state index contributed by atoms with van der Waals surface area (Å²) in [5.41, 5.74) is 2.54. The number of amides is 1. The number of aromatic nitrogens is 2. The van der Waals surface area contributed by atoms with Crippen LogP contribution >= 0.6 is 11.8 Å². The van der Waals surface area contributed by atoms with Crippen LogP contribution in [-0.2, 0) is 17.1 Å². The van der Waals surface area contributed by atoms with E-state index in [0.717, 1.165) is 30.4 Å². The Hall–Kier alpha value is -2.69. The number of fused-ring (bicyclic) bond motifs is 1. The zero-order chi connectivity index (χ0) is 26.5. The van der Waals surface area contributed by atoms with Gasteiger partial charge in [0.1, 0.15) is 0 Å². The number of piperidine rings is 1. The molecule has 2 aliphatic rings. The zero-order valence-corrected chi connectivity index (χ0v) is 23.3. The summed E-state index contributed by atoms with van der Waals surface area (Å²) in [6, 6.07) is 10.6. The first kappa shape index (κ1) is 25.9. The molecule has 37 heavy (non-hydrogen) atoms. The summed E-state index contributed by atoms with van der Waals surface area (Å²) >= 11 is 1.39. The summed E-state index contributed by atoms with van der Waals surface area (Å²) in [6.07, 6.45) is 4.19. The number of aryl methyl sites for hydroxylation is 2. The van der Waals surface area contributed by atoms with Gasteiger partial charge in [-0.3, -0.25) is 14.2 Å². The molecule has 2 aliphatic heterocycles. The topological polar surface area (TPSA) is 92.6 Å². The number of rotatable bonds is 4. The lowest BCUT2D eigenvalue weighted by Crippen LogP contribution is -2.44. The molecule has 1 amide bonds. The van der Waals surface area contributed by atoms with Gasteiger partial charge in [0.05, 0.1) is 15.8 Å². The molecule has 0 unspecified atom stereocenters. The van der Waals surface area contributed by atoms with Crippen LogP contribution in [0.2, 0.25) is 0 Å². The fourth-order valence-electron chi connectivity index (χ4n) is 5.59. The first-order valence-corrected chi connectivity index (χ1v) is 15.1. The Kier molecular flexibility index (Phi) is 6.70. The average molecular weight is 541 g/mol. The first-order valence-electron chi connectivity index (χ1n) is 12.5. The summed E-state index contributed by atoms with van der Waals surface area (Å²) in [7, 11) is -1.85. The van der Waals surface area contributed by atoms with Gasteiger partial charge in [-0.15, -0.1) is 0 Å². The van der Waals surface area contributed by atoms with E-state index >= 15 is 0 Å². The van der Waals surface area contributed by atoms with Crippen LogP contribution in [0.1, 0.15) is 40.7 Å². The van der Waals surface area contributed by atoms with Gasteiger partial charge in [-0.25, -0.2) is 13.4 Å². The Morgan fingerprint density at radius 3 is 2.43 bits per heavy atom. The van der Waals surface area contributed by atoms with Crippen molar-refractivity contribution in [3.8, 4) is 0 Å². The number of nitrogens with zero attached hydrogens (tertiary/aromatic N) is 4. The van der Waals surface area contributed by atoms with Crippen molar-refractivity contribution in [2.75, 3.05) is 32.4 Å². The molecular weight excluding hydrogens is 508 g/mol. The molecule has 0 saturated carbocycles. The van der Waals surface area contributed by atoms with E-state index < -0.39 is 10.0 Å². The van der Waals surface area contributed by atoms with Gasteiger partial charge in [-0.2, -0.15) is 4.31 Å². The SMILES string of the molecule is CSc1nc2cc(C(=O)N3CCC4(CCN(S(=O)(=O)c5cc(C)ccc5C)CC4)C3)ccc2c(=O)n1C. The zero-order valence-electron chi connectivity index (χ0n) is 21.7. The Bertz CT molecular complexity index is 1560. The molecule has 0 aliphatic carbocycles. The molecule has 5 rings (SSSR count). The Morgan fingerprint density at radius 2 is 1.73 bits per heavy atom. The van der Waals surface area contributed by atoms with E-state index in [9.17, 15) is 18.0 Å². The normalized spacial score (nSPS) is 18.1. The van der Waals surface area contributed by atoms with Crippen molar-refractivity contribution in [3.05, 3.63) is 63.4 Å². The van der Waals surface area contributed by atoms with E-state index in [1.807, 2.05) is 37.1 Å². The maximum atomic E-state index is 13.4. The van der Waals surface area contributed by atoms with Crippen LogP contribution < -0.4 is 5.56 Å². The Morgan fingerprint density at radius 1 is 1.03 bits per heavy atom. The summed E-state index contributed by atoms with van der Waals surface area (Å²) in [5.74, 6) is -0.0719. The molecular formula is C27H32N4O4S2. The molecule has 196 valence electrons. The number of carbonyl (C=O) groups is 1. The summed E-state index contributed by atoms with van der Waals surface area (Å²) in [6.45, 7) is 5.90. The molecule has 0 radical (unpaired) electrons. The third-order valence-corrected chi connectivity index (χ3v) is 10.7. The van der Waals surface area contributed by atoms with Crippen LogP contribution in [-0.4, -0.2) is 65.5 Å². The molecule has 0 N–H and O–H groups in total. The van der Waals surface area contributed by atoms with Gasteiger partial charge in [0, 0.05) is 38.8 Å². The maximum Gasteiger partial charge on any atom is 0.261 e. The van der Waals surface area contributed by atoms with Crippen LogP contribution in [0.15, 0.2) is 51.2 Å². The number of thioether (sulfide) groups is 1. The second-order valence-electron chi connectivity index (χ2n) is 10.3. The van der Waals surface area contributed by atoms with Gasteiger partial charge in [0.15, 0.2) is 5.16 Å². The molecule has 2 saturated heterocycles.